The minimum absolute atomic E-state index is 0.253. The summed E-state index contributed by atoms with van der Waals surface area (Å²) >= 11 is 0. The van der Waals surface area contributed by atoms with E-state index in [1.54, 1.807) is 24.3 Å². The van der Waals surface area contributed by atoms with Crippen LogP contribution in [0.4, 0.5) is 5.69 Å². The van der Waals surface area contributed by atoms with Gasteiger partial charge in [-0.1, -0.05) is 12.1 Å². The number of nitrogens with two attached hydrogens (primary N) is 1. The second kappa shape index (κ2) is 32.4. The first-order valence-electron chi connectivity index (χ1n) is 27.9. The van der Waals surface area contributed by atoms with E-state index in [2.05, 4.69) is 5.32 Å². The first-order valence-corrected chi connectivity index (χ1v) is 27.9. The Labute approximate surface area is 494 Å². The maximum Gasteiger partial charge on any atom is 0.187 e. The predicted octanol–water partition coefficient (Wildman–Crippen LogP) is -15.2. The zero-order chi connectivity index (χ0) is 63.9. The molecule has 0 saturated carbocycles. The van der Waals surface area contributed by atoms with E-state index in [1.165, 1.54) is 0 Å². The SMILES string of the molecule is Nc1ccc(CCNCC(O)C(O)C(O)C(O)COC2OC(COC3OC(COC4OC(COC5OC(CO)C(O)C(O)C5O)C(O)C(OC5OC(CO)C(O)C(O)C5O)C4O)C(O)C(O)C3O)C(O)C(OC3OC(CO)C(O)C(O)C3O)C2O)cc1. The van der Waals surface area contributed by atoms with E-state index < -0.39 is 255 Å². The molecular formula is C50H84N2O35. The number of nitrogens with one attached hydrogen (secondary N) is 1. The highest BCUT2D eigenvalue weighted by molar-refractivity contribution is 5.39. The second-order valence-corrected chi connectivity index (χ2v) is 22.0. The first kappa shape index (κ1) is 72.0. The fourth-order valence-electron chi connectivity index (χ4n) is 10.3. The summed E-state index contributed by atoms with van der Waals surface area (Å²) in [6.07, 6.45) is -65.7. The fourth-order valence-corrected chi connectivity index (χ4v) is 10.3. The van der Waals surface area contributed by atoms with Gasteiger partial charge in [-0.05, 0) is 30.7 Å². The van der Waals surface area contributed by atoms with Crippen molar-refractivity contribution in [3.8, 4) is 0 Å². The third-order valence-corrected chi connectivity index (χ3v) is 15.8. The van der Waals surface area contributed by atoms with Gasteiger partial charge in [0, 0.05) is 12.2 Å². The molecule has 0 radical (unpaired) electrons. The normalized spacial score (nSPS) is 45.3. The third-order valence-electron chi connectivity index (χ3n) is 15.8. The fraction of sp³-hybridized carbons (Fsp3) is 0.880. The molecule has 504 valence electrons. The van der Waals surface area contributed by atoms with Gasteiger partial charge in [0.25, 0.3) is 0 Å². The lowest BCUT2D eigenvalue weighted by molar-refractivity contribution is -0.374. The first-order chi connectivity index (χ1) is 41.2. The highest BCUT2D eigenvalue weighted by Crippen LogP contribution is 2.34. The lowest BCUT2D eigenvalue weighted by atomic mass is 9.96. The van der Waals surface area contributed by atoms with Gasteiger partial charge in [-0.15, -0.1) is 0 Å². The zero-order valence-electron chi connectivity index (χ0n) is 46.3. The van der Waals surface area contributed by atoms with Gasteiger partial charge in [-0.3, -0.25) is 0 Å². The van der Waals surface area contributed by atoms with Crippen molar-refractivity contribution in [2.45, 2.75) is 215 Å². The molecule has 0 amide bonds. The third kappa shape index (κ3) is 17.1. The number of hydrogen-bond donors (Lipinski definition) is 25. The van der Waals surface area contributed by atoms with Crippen LogP contribution in [0.2, 0.25) is 0 Å². The monoisotopic (exact) mass is 1270 g/mol. The van der Waals surface area contributed by atoms with Crippen LogP contribution in [0, 0.1) is 0 Å². The summed E-state index contributed by atoms with van der Waals surface area (Å²) in [5, 5.41) is 249. The van der Waals surface area contributed by atoms with Crippen LogP contribution in [-0.4, -0.2) is 385 Å². The van der Waals surface area contributed by atoms with E-state index in [9.17, 15) is 117 Å². The molecule has 6 saturated heterocycles. The lowest BCUT2D eigenvalue weighted by Gasteiger charge is -2.47. The molecule has 37 heteroatoms. The molecule has 1 aromatic rings. The molecule has 6 aliphatic heterocycles. The Morgan fingerprint density at radius 1 is 0.379 bits per heavy atom. The van der Waals surface area contributed by atoms with Gasteiger partial charge < -0.3 is 185 Å². The van der Waals surface area contributed by atoms with Crippen molar-refractivity contribution < 1.29 is 174 Å². The molecule has 37 nitrogen and oxygen atoms in total. The average Bonchev–Trinajstić information content (AvgIpc) is 1.76. The lowest BCUT2D eigenvalue weighted by Crippen LogP contribution is -2.66. The number of aliphatic hydroxyl groups is 23. The van der Waals surface area contributed by atoms with Crippen molar-refractivity contribution in [1.82, 2.24) is 5.32 Å². The smallest absolute Gasteiger partial charge is 0.187 e. The molecule has 1 aromatic carbocycles. The van der Waals surface area contributed by atoms with Crippen LogP contribution in [0.25, 0.3) is 0 Å². The van der Waals surface area contributed by atoms with Gasteiger partial charge >= 0.3 is 0 Å². The number of nitrogen functional groups attached to an aromatic ring is 1. The summed E-state index contributed by atoms with van der Waals surface area (Å²) in [5.41, 5.74) is 7.18. The molecular weight excluding hydrogens is 1190 g/mol. The minimum Gasteiger partial charge on any atom is -0.399 e. The van der Waals surface area contributed by atoms with Crippen molar-refractivity contribution in [2.24, 2.45) is 0 Å². The Hall–Kier alpha value is -2.42. The van der Waals surface area contributed by atoms with Crippen molar-refractivity contribution in [3.05, 3.63) is 29.8 Å². The Morgan fingerprint density at radius 2 is 0.701 bits per heavy atom. The van der Waals surface area contributed by atoms with Gasteiger partial charge in [0.05, 0.1) is 52.4 Å². The molecule has 7 rings (SSSR count). The number of benzene rings is 1. The highest BCUT2D eigenvalue weighted by Gasteiger charge is 2.55. The summed E-state index contributed by atoms with van der Waals surface area (Å²) in [6, 6.07) is 6.99. The molecule has 87 heavy (non-hydrogen) atoms. The molecule has 34 atom stereocenters. The number of rotatable bonds is 27. The number of anilines is 1. The molecule has 0 aromatic heterocycles. The van der Waals surface area contributed by atoms with E-state index in [4.69, 9.17) is 62.6 Å². The number of hydrogen-bond acceptors (Lipinski definition) is 37. The minimum atomic E-state index is -2.17. The van der Waals surface area contributed by atoms with E-state index in [1.807, 2.05) is 0 Å². The quantitative estimate of drug-likeness (QED) is 0.0287. The van der Waals surface area contributed by atoms with Gasteiger partial charge in [0.15, 0.2) is 37.7 Å². The van der Waals surface area contributed by atoms with E-state index >= 15 is 0 Å². The zero-order valence-corrected chi connectivity index (χ0v) is 46.3. The van der Waals surface area contributed by atoms with Crippen LogP contribution >= 0.6 is 0 Å². The molecule has 26 N–H and O–H groups in total. The van der Waals surface area contributed by atoms with Crippen molar-refractivity contribution >= 4 is 5.69 Å². The van der Waals surface area contributed by atoms with Gasteiger partial charge in [-0.25, -0.2) is 0 Å². The Bertz CT molecular complexity index is 2170. The second-order valence-electron chi connectivity index (χ2n) is 22.0. The summed E-state index contributed by atoms with van der Waals surface area (Å²) in [7, 11) is 0. The van der Waals surface area contributed by atoms with E-state index in [0.717, 1.165) is 5.56 Å². The molecule has 6 fully saturated rings. The average molecular weight is 1270 g/mol. The standard InChI is InChI=1S/C50H84N2O35/c51-16-3-1-15(2-4-16)5-6-52-7-17(56)25(58)26(59)18(57)11-76-47-41(74)43(86-49-39(72)34(67)28(61)20(9-54)81-49)31(64)23(84-47)14-78-46-38(71)36(69)30(63)22(83-46)12-79-48-42(75)44(87-50-40(73)35(68)29(62)21(10-55)82-50)32(65)24(85-48)13-77-45-37(70)33(66)27(60)19(8-53)80-45/h1-4,17-50,52-75H,5-14,51H2. The molecule has 0 bridgehead atoms. The summed E-state index contributed by atoms with van der Waals surface area (Å²) in [5.74, 6) is 0. The molecule has 0 spiro atoms. The Kier molecular flexibility index (Phi) is 26.8. The topological polar surface area (TPSA) is 614 Å². The predicted molar refractivity (Wildman–Crippen MR) is 274 cm³/mol. The Morgan fingerprint density at radius 3 is 1.10 bits per heavy atom. The number of aliphatic hydroxyl groups excluding tert-OH is 23. The molecule has 6 aliphatic rings. The van der Waals surface area contributed by atoms with Gasteiger partial charge in [0.1, 0.15) is 165 Å². The van der Waals surface area contributed by atoms with Gasteiger partial charge in [-0.2, -0.15) is 0 Å². The highest BCUT2D eigenvalue weighted by atomic mass is 16.8. The van der Waals surface area contributed by atoms with Crippen LogP contribution in [0.1, 0.15) is 5.56 Å². The van der Waals surface area contributed by atoms with Crippen LogP contribution in [0.3, 0.4) is 0 Å². The van der Waals surface area contributed by atoms with E-state index in [0.29, 0.717) is 18.7 Å². The number of ether oxygens (including phenoxy) is 12. The Balaban J connectivity index is 1.03. The summed E-state index contributed by atoms with van der Waals surface area (Å²) in [4.78, 5) is 0. The summed E-state index contributed by atoms with van der Waals surface area (Å²) in [6.45, 7) is -6.39. The van der Waals surface area contributed by atoms with Crippen molar-refractivity contribution in [1.29, 1.82) is 0 Å². The largest absolute Gasteiger partial charge is 0.399 e. The van der Waals surface area contributed by atoms with Gasteiger partial charge in [0.2, 0.25) is 0 Å². The maximum absolute atomic E-state index is 11.6. The molecule has 0 aliphatic carbocycles. The van der Waals surface area contributed by atoms with Crippen LogP contribution in [0.5, 0.6) is 0 Å². The van der Waals surface area contributed by atoms with Crippen LogP contribution in [0.15, 0.2) is 24.3 Å². The van der Waals surface area contributed by atoms with E-state index in [-0.39, 0.29) is 6.54 Å². The maximum atomic E-state index is 11.6. The van der Waals surface area contributed by atoms with Crippen LogP contribution < -0.4 is 11.1 Å². The molecule has 6 heterocycles. The summed E-state index contributed by atoms with van der Waals surface area (Å²) < 4.78 is 67.4. The van der Waals surface area contributed by atoms with Crippen molar-refractivity contribution in [3.63, 3.8) is 0 Å². The van der Waals surface area contributed by atoms with Crippen molar-refractivity contribution in [2.75, 3.05) is 65.1 Å². The molecule has 34 unspecified atom stereocenters. The van der Waals surface area contributed by atoms with Crippen LogP contribution in [-0.2, 0) is 63.3 Å².